The summed E-state index contributed by atoms with van der Waals surface area (Å²) < 4.78 is 15.4. The first-order chi connectivity index (χ1) is 13.9. The minimum Gasteiger partial charge on any atom is -0.495 e. The summed E-state index contributed by atoms with van der Waals surface area (Å²) in [6, 6.07) is 10.2. The maximum atomic E-state index is 12.2. The molecule has 8 heteroatoms. The number of methoxy groups -OCH3 is 1. The molecule has 154 valence electrons. The van der Waals surface area contributed by atoms with Crippen molar-refractivity contribution in [3.05, 3.63) is 53.1 Å². The Bertz CT molecular complexity index is 878. The largest absolute Gasteiger partial charge is 0.495 e. The molecule has 2 aromatic carbocycles. The van der Waals surface area contributed by atoms with E-state index in [1.807, 2.05) is 25.1 Å². The van der Waals surface area contributed by atoms with Crippen molar-refractivity contribution in [2.24, 2.45) is 0 Å². The van der Waals surface area contributed by atoms with E-state index < -0.39 is 11.9 Å². The number of esters is 2. The normalized spacial score (nSPS) is 10.1. The Labute approximate surface area is 175 Å². The number of carbonyl (C=O) groups is 2. The third-order valence-corrected chi connectivity index (χ3v) is 4.02. The van der Waals surface area contributed by atoms with Crippen molar-refractivity contribution in [1.82, 2.24) is 0 Å². The number of hydrogen-bond donors (Lipinski definition) is 2. The summed E-state index contributed by atoms with van der Waals surface area (Å²) in [4.78, 5) is 24.3. The molecule has 0 aliphatic heterocycles. The number of thiocarbonyl (C=S) groups is 1. The van der Waals surface area contributed by atoms with Gasteiger partial charge in [0, 0.05) is 5.69 Å². The third-order valence-electron chi connectivity index (χ3n) is 3.82. The van der Waals surface area contributed by atoms with Crippen LogP contribution in [0.3, 0.4) is 0 Å². The van der Waals surface area contributed by atoms with Crippen LogP contribution in [-0.4, -0.2) is 37.4 Å². The van der Waals surface area contributed by atoms with Crippen molar-refractivity contribution in [3.63, 3.8) is 0 Å². The second-order valence-corrected chi connectivity index (χ2v) is 6.43. The highest BCUT2D eigenvalue weighted by Crippen LogP contribution is 2.25. The molecule has 0 unspecified atom stereocenters. The lowest BCUT2D eigenvalue weighted by Gasteiger charge is -2.15. The van der Waals surface area contributed by atoms with Crippen LogP contribution in [0, 0.1) is 6.92 Å². The highest BCUT2D eigenvalue weighted by atomic mass is 32.1. The third kappa shape index (κ3) is 6.18. The summed E-state index contributed by atoms with van der Waals surface area (Å²) in [5, 5.41) is 6.31. The molecule has 0 amide bonds. The van der Waals surface area contributed by atoms with Crippen LogP contribution < -0.4 is 15.4 Å². The Morgan fingerprint density at radius 3 is 2.03 bits per heavy atom. The Balaban J connectivity index is 2.28. The molecule has 2 aromatic rings. The van der Waals surface area contributed by atoms with Crippen LogP contribution in [0.4, 0.5) is 11.4 Å². The van der Waals surface area contributed by atoms with Gasteiger partial charge in [-0.1, -0.05) is 6.07 Å². The van der Waals surface area contributed by atoms with E-state index in [0.29, 0.717) is 17.1 Å². The van der Waals surface area contributed by atoms with Crippen LogP contribution in [0.5, 0.6) is 5.75 Å². The summed E-state index contributed by atoms with van der Waals surface area (Å²) in [7, 11) is 1.57. The molecule has 0 aliphatic rings. The molecule has 0 spiro atoms. The van der Waals surface area contributed by atoms with Gasteiger partial charge in [0.25, 0.3) is 0 Å². The van der Waals surface area contributed by atoms with Crippen molar-refractivity contribution in [2.45, 2.75) is 20.8 Å². The monoisotopic (exact) mass is 416 g/mol. The Morgan fingerprint density at radius 1 is 0.931 bits per heavy atom. The van der Waals surface area contributed by atoms with Gasteiger partial charge in [-0.25, -0.2) is 9.59 Å². The van der Waals surface area contributed by atoms with Crippen LogP contribution in [0.1, 0.15) is 40.1 Å². The minimum absolute atomic E-state index is 0.218. The number of anilines is 2. The zero-order chi connectivity index (χ0) is 21.4. The number of aryl methyl sites for hydroxylation is 1. The summed E-state index contributed by atoms with van der Waals surface area (Å²) in [6.45, 7) is 5.81. The van der Waals surface area contributed by atoms with Crippen LogP contribution in [-0.2, 0) is 9.47 Å². The number of ether oxygens (including phenoxy) is 3. The van der Waals surface area contributed by atoms with Gasteiger partial charge in [-0.2, -0.15) is 0 Å². The second-order valence-electron chi connectivity index (χ2n) is 6.02. The number of carbonyl (C=O) groups excluding carboxylic acids is 2. The summed E-state index contributed by atoms with van der Waals surface area (Å²) in [5.74, 6) is -0.450. The fourth-order valence-corrected chi connectivity index (χ4v) is 2.80. The Hall–Kier alpha value is -3.13. The SMILES string of the molecule is CCOC(=O)c1cc(NC(=S)Nc2cc(C)ccc2OC)cc(C(=O)OCC)c1. The molecule has 2 N–H and O–H groups in total. The number of hydrogen-bond acceptors (Lipinski definition) is 6. The van der Waals surface area contributed by atoms with Gasteiger partial charge in [-0.15, -0.1) is 0 Å². The van der Waals surface area contributed by atoms with E-state index in [4.69, 9.17) is 26.4 Å². The first-order valence-electron chi connectivity index (χ1n) is 9.09. The maximum absolute atomic E-state index is 12.2. The molecular weight excluding hydrogens is 392 g/mol. The highest BCUT2D eigenvalue weighted by Gasteiger charge is 2.15. The van der Waals surface area contributed by atoms with Crippen molar-refractivity contribution in [3.8, 4) is 5.75 Å². The van der Waals surface area contributed by atoms with Crippen molar-refractivity contribution in [2.75, 3.05) is 31.0 Å². The first-order valence-corrected chi connectivity index (χ1v) is 9.50. The molecule has 0 radical (unpaired) electrons. The minimum atomic E-state index is -0.541. The van der Waals surface area contributed by atoms with Gasteiger partial charge in [-0.3, -0.25) is 0 Å². The smallest absolute Gasteiger partial charge is 0.338 e. The van der Waals surface area contributed by atoms with Crippen molar-refractivity contribution in [1.29, 1.82) is 0 Å². The van der Waals surface area contributed by atoms with E-state index in [-0.39, 0.29) is 29.5 Å². The van der Waals surface area contributed by atoms with Gasteiger partial charge in [0.05, 0.1) is 37.1 Å². The molecule has 0 saturated carbocycles. The number of benzene rings is 2. The Kier molecular flexibility index (Phi) is 7.97. The fraction of sp³-hybridized carbons (Fsp3) is 0.286. The zero-order valence-electron chi connectivity index (χ0n) is 16.8. The van der Waals surface area contributed by atoms with Gasteiger partial charge in [0.1, 0.15) is 5.75 Å². The lowest BCUT2D eigenvalue weighted by molar-refractivity contribution is 0.0525. The molecule has 7 nitrogen and oxygen atoms in total. The van der Waals surface area contributed by atoms with E-state index in [9.17, 15) is 9.59 Å². The average molecular weight is 416 g/mol. The van der Waals surface area contributed by atoms with Crippen molar-refractivity contribution >= 4 is 40.6 Å². The average Bonchev–Trinajstić information content (AvgIpc) is 2.68. The van der Waals surface area contributed by atoms with Crippen LogP contribution in [0.2, 0.25) is 0 Å². The molecular formula is C21H24N2O5S. The zero-order valence-corrected chi connectivity index (χ0v) is 17.6. The molecule has 0 bridgehead atoms. The van der Waals surface area contributed by atoms with Gasteiger partial charge >= 0.3 is 11.9 Å². The molecule has 0 aliphatic carbocycles. The van der Waals surface area contributed by atoms with Crippen LogP contribution >= 0.6 is 12.2 Å². The molecule has 0 fully saturated rings. The van der Waals surface area contributed by atoms with Crippen LogP contribution in [0.15, 0.2) is 36.4 Å². The predicted octanol–water partition coefficient (Wildman–Crippen LogP) is 4.17. The summed E-state index contributed by atoms with van der Waals surface area (Å²) in [6.07, 6.45) is 0. The van der Waals surface area contributed by atoms with E-state index in [1.165, 1.54) is 6.07 Å². The Morgan fingerprint density at radius 2 is 1.52 bits per heavy atom. The lowest BCUT2D eigenvalue weighted by Crippen LogP contribution is -2.20. The van der Waals surface area contributed by atoms with E-state index >= 15 is 0 Å². The van der Waals surface area contributed by atoms with Crippen molar-refractivity contribution < 1.29 is 23.8 Å². The molecule has 29 heavy (non-hydrogen) atoms. The molecule has 0 atom stereocenters. The quantitative estimate of drug-likeness (QED) is 0.514. The van der Waals surface area contributed by atoms with Gasteiger partial charge in [0.2, 0.25) is 0 Å². The molecule has 0 aromatic heterocycles. The first kappa shape index (κ1) is 22.2. The van der Waals surface area contributed by atoms with E-state index in [1.54, 1.807) is 33.1 Å². The highest BCUT2D eigenvalue weighted by molar-refractivity contribution is 7.80. The maximum Gasteiger partial charge on any atom is 0.338 e. The predicted molar refractivity (Wildman–Crippen MR) is 116 cm³/mol. The second kappa shape index (κ2) is 10.4. The molecule has 2 rings (SSSR count). The van der Waals surface area contributed by atoms with Gasteiger partial charge in [-0.05, 0) is 68.9 Å². The fourth-order valence-electron chi connectivity index (χ4n) is 2.57. The number of rotatable bonds is 7. The lowest BCUT2D eigenvalue weighted by atomic mass is 10.1. The van der Waals surface area contributed by atoms with E-state index in [2.05, 4.69) is 10.6 Å². The molecule has 0 saturated heterocycles. The number of nitrogens with one attached hydrogen (secondary N) is 2. The standard InChI is InChI=1S/C21H24N2O5S/c1-5-27-19(24)14-10-15(20(25)28-6-2)12-16(11-14)22-21(29)23-17-9-13(3)7-8-18(17)26-4/h7-12H,5-6H2,1-4H3,(H2,22,23,29). The summed E-state index contributed by atoms with van der Waals surface area (Å²) in [5.41, 5.74) is 2.61. The van der Waals surface area contributed by atoms with Crippen LogP contribution in [0.25, 0.3) is 0 Å². The van der Waals surface area contributed by atoms with E-state index in [0.717, 1.165) is 5.56 Å². The summed E-state index contributed by atoms with van der Waals surface area (Å²) >= 11 is 5.38. The topological polar surface area (TPSA) is 85.9 Å². The molecule has 0 heterocycles. The van der Waals surface area contributed by atoms with Gasteiger partial charge in [0.15, 0.2) is 5.11 Å². The van der Waals surface area contributed by atoms with Gasteiger partial charge < -0.3 is 24.8 Å².